The number of sulfone groups is 1. The van der Waals surface area contributed by atoms with Crippen molar-refractivity contribution in [3.8, 4) is 0 Å². The van der Waals surface area contributed by atoms with Gasteiger partial charge in [0.1, 0.15) is 0 Å². The van der Waals surface area contributed by atoms with Crippen molar-refractivity contribution in [1.29, 1.82) is 0 Å². The lowest BCUT2D eigenvalue weighted by Crippen LogP contribution is -2.34. The Labute approximate surface area is 153 Å². The van der Waals surface area contributed by atoms with Crippen molar-refractivity contribution in [3.05, 3.63) is 29.8 Å². The van der Waals surface area contributed by atoms with Gasteiger partial charge in [-0.05, 0) is 72.9 Å². The summed E-state index contributed by atoms with van der Waals surface area (Å²) in [6, 6.07) is 4.87. The minimum Gasteiger partial charge on any atom is -0.481 e. The molecule has 0 saturated carbocycles. The molecule has 0 saturated heterocycles. The molecule has 2 N–H and O–H groups in total. The van der Waals surface area contributed by atoms with Crippen molar-refractivity contribution in [2.45, 2.75) is 25.8 Å². The standard InChI is InChI=1S/C12H12Br3NO5S/c1-7(5-10(17)18)16-11(19)8-3-2-4-9(6-8)22(20,21)12(13,14)15/h2-4,6-7H,5H2,1H3,(H,16,19)(H,17,18). The molecule has 1 unspecified atom stereocenters. The van der Waals surface area contributed by atoms with Crippen LogP contribution in [0.25, 0.3) is 0 Å². The Kier molecular flexibility index (Phi) is 6.60. The highest BCUT2D eigenvalue weighted by Crippen LogP contribution is 2.43. The number of benzene rings is 1. The first-order valence-electron chi connectivity index (χ1n) is 5.89. The number of halogens is 3. The van der Waals surface area contributed by atoms with E-state index in [2.05, 4.69) is 53.1 Å². The van der Waals surface area contributed by atoms with E-state index in [-0.39, 0.29) is 16.9 Å². The minimum absolute atomic E-state index is 0.0725. The Morgan fingerprint density at radius 1 is 1.32 bits per heavy atom. The van der Waals surface area contributed by atoms with Crippen molar-refractivity contribution in [2.24, 2.45) is 0 Å². The lowest BCUT2D eigenvalue weighted by atomic mass is 10.2. The summed E-state index contributed by atoms with van der Waals surface area (Å²) in [7, 11) is -3.80. The molecule has 1 rings (SSSR count). The topological polar surface area (TPSA) is 101 Å². The molecule has 0 aliphatic carbocycles. The van der Waals surface area contributed by atoms with E-state index in [1.807, 2.05) is 0 Å². The van der Waals surface area contributed by atoms with Gasteiger partial charge in [0, 0.05) is 11.6 Å². The van der Waals surface area contributed by atoms with Crippen LogP contribution in [0.3, 0.4) is 0 Å². The average molecular weight is 522 g/mol. The van der Waals surface area contributed by atoms with Gasteiger partial charge in [-0.1, -0.05) is 6.07 Å². The first-order valence-corrected chi connectivity index (χ1v) is 9.75. The number of rotatable bonds is 5. The number of nitrogens with one attached hydrogen (secondary N) is 1. The zero-order valence-electron chi connectivity index (χ0n) is 11.2. The third kappa shape index (κ3) is 5.04. The van der Waals surface area contributed by atoms with Crippen molar-refractivity contribution >= 4 is 69.5 Å². The van der Waals surface area contributed by atoms with Gasteiger partial charge in [0.15, 0.2) is 0 Å². The molecule has 22 heavy (non-hydrogen) atoms. The summed E-state index contributed by atoms with van der Waals surface area (Å²) in [6.07, 6.45) is -0.225. The van der Waals surface area contributed by atoms with Crippen LogP contribution in [0.1, 0.15) is 23.7 Å². The summed E-state index contributed by atoms with van der Waals surface area (Å²) in [6.45, 7) is 1.55. The largest absolute Gasteiger partial charge is 0.481 e. The van der Waals surface area contributed by atoms with Gasteiger partial charge < -0.3 is 10.4 Å². The minimum atomic E-state index is -3.80. The Hall–Kier alpha value is -0.450. The molecule has 1 aromatic carbocycles. The van der Waals surface area contributed by atoms with Gasteiger partial charge in [0.25, 0.3) is 5.91 Å². The zero-order valence-corrected chi connectivity index (χ0v) is 16.8. The van der Waals surface area contributed by atoms with Gasteiger partial charge >= 0.3 is 5.97 Å². The van der Waals surface area contributed by atoms with Crippen LogP contribution in [-0.4, -0.2) is 32.9 Å². The predicted molar refractivity (Wildman–Crippen MR) is 92.3 cm³/mol. The molecule has 0 fully saturated rings. The SMILES string of the molecule is CC(CC(=O)O)NC(=O)c1cccc(S(=O)(=O)C(Br)(Br)Br)c1. The Balaban J connectivity index is 3.03. The fourth-order valence-electron chi connectivity index (χ4n) is 1.56. The second kappa shape index (κ2) is 7.41. The van der Waals surface area contributed by atoms with E-state index < -0.39 is 29.2 Å². The van der Waals surface area contributed by atoms with Crippen LogP contribution in [0.15, 0.2) is 29.2 Å². The maximum Gasteiger partial charge on any atom is 0.305 e. The molecule has 0 spiro atoms. The summed E-state index contributed by atoms with van der Waals surface area (Å²) in [5.74, 6) is -1.58. The highest BCUT2D eigenvalue weighted by molar-refractivity contribution is 9.42. The quantitative estimate of drug-likeness (QED) is 0.580. The number of aliphatic carboxylic acids is 1. The summed E-state index contributed by atoms with van der Waals surface area (Å²) in [5.41, 5.74) is 0.120. The summed E-state index contributed by atoms with van der Waals surface area (Å²) in [5, 5.41) is 11.2. The Bertz CT molecular complexity index is 684. The molecule has 0 bridgehead atoms. The van der Waals surface area contributed by atoms with Crippen molar-refractivity contribution in [1.82, 2.24) is 5.32 Å². The van der Waals surface area contributed by atoms with Gasteiger partial charge in [-0.25, -0.2) is 8.42 Å². The zero-order chi connectivity index (χ0) is 17.1. The van der Waals surface area contributed by atoms with Crippen LogP contribution in [0.4, 0.5) is 0 Å². The van der Waals surface area contributed by atoms with Gasteiger partial charge in [0.2, 0.25) is 11.3 Å². The first kappa shape index (κ1) is 19.6. The lowest BCUT2D eigenvalue weighted by molar-refractivity contribution is -0.137. The van der Waals surface area contributed by atoms with E-state index in [9.17, 15) is 18.0 Å². The molecular formula is C12H12Br3NO5S. The molecule has 0 aliphatic heterocycles. The predicted octanol–water partition coefficient (Wildman–Crippen LogP) is 2.85. The summed E-state index contributed by atoms with van der Waals surface area (Å²) < 4.78 is 23.0. The van der Waals surface area contributed by atoms with E-state index in [1.165, 1.54) is 24.3 Å². The van der Waals surface area contributed by atoms with Crippen molar-refractivity contribution < 1.29 is 23.1 Å². The van der Waals surface area contributed by atoms with Crippen LogP contribution < -0.4 is 5.32 Å². The molecule has 10 heteroatoms. The number of carbonyl (C=O) groups excluding carboxylic acids is 1. The molecule has 1 aromatic rings. The van der Waals surface area contributed by atoms with Gasteiger partial charge in [0.05, 0.1) is 11.3 Å². The summed E-state index contributed by atoms with van der Waals surface area (Å²) >= 11 is 8.84. The number of hydrogen-bond donors (Lipinski definition) is 2. The molecule has 1 atom stereocenters. The van der Waals surface area contributed by atoms with Crippen LogP contribution in [0, 0.1) is 0 Å². The second-order valence-corrected chi connectivity index (χ2v) is 14.9. The summed E-state index contributed by atoms with van der Waals surface area (Å²) in [4.78, 5) is 22.5. The van der Waals surface area contributed by atoms with E-state index in [0.29, 0.717) is 0 Å². The monoisotopic (exact) mass is 519 g/mol. The number of amides is 1. The normalized spacial score (nSPS) is 13.5. The third-order valence-corrected chi connectivity index (χ3v) is 7.89. The number of carboxylic acids is 1. The van der Waals surface area contributed by atoms with E-state index >= 15 is 0 Å². The molecular weight excluding hydrogens is 510 g/mol. The van der Waals surface area contributed by atoms with Gasteiger partial charge in [-0.3, -0.25) is 9.59 Å². The average Bonchev–Trinajstić information content (AvgIpc) is 2.36. The van der Waals surface area contributed by atoms with Crippen molar-refractivity contribution in [2.75, 3.05) is 0 Å². The Morgan fingerprint density at radius 3 is 2.41 bits per heavy atom. The van der Waals surface area contributed by atoms with Crippen LogP contribution in [-0.2, 0) is 14.6 Å². The van der Waals surface area contributed by atoms with Gasteiger partial charge in [-0.2, -0.15) is 0 Å². The molecule has 0 radical (unpaired) electrons. The second-order valence-electron chi connectivity index (χ2n) is 4.45. The maximum atomic E-state index is 12.2. The van der Waals surface area contributed by atoms with Crippen LogP contribution in [0.5, 0.6) is 0 Å². The molecule has 122 valence electrons. The molecule has 0 heterocycles. The molecule has 0 aliphatic rings. The number of carbonyl (C=O) groups is 2. The number of hydrogen-bond acceptors (Lipinski definition) is 4. The lowest BCUT2D eigenvalue weighted by Gasteiger charge is -2.15. The molecule has 1 amide bonds. The third-order valence-electron chi connectivity index (χ3n) is 2.57. The fraction of sp³-hybridized carbons (Fsp3) is 0.333. The van der Waals surface area contributed by atoms with Crippen LogP contribution >= 0.6 is 47.8 Å². The maximum absolute atomic E-state index is 12.2. The van der Waals surface area contributed by atoms with Gasteiger partial charge in [-0.15, -0.1) is 0 Å². The van der Waals surface area contributed by atoms with E-state index in [1.54, 1.807) is 6.92 Å². The first-order chi connectivity index (χ1) is 9.95. The van der Waals surface area contributed by atoms with Crippen molar-refractivity contribution in [3.63, 3.8) is 0 Å². The molecule has 0 aromatic heterocycles. The number of alkyl halides is 3. The highest BCUT2D eigenvalue weighted by atomic mass is 80.0. The highest BCUT2D eigenvalue weighted by Gasteiger charge is 2.37. The smallest absolute Gasteiger partial charge is 0.305 e. The van der Waals surface area contributed by atoms with E-state index in [0.717, 1.165) is 0 Å². The molecule has 6 nitrogen and oxygen atoms in total. The van der Waals surface area contributed by atoms with Crippen LogP contribution in [0.2, 0.25) is 0 Å². The van der Waals surface area contributed by atoms with E-state index in [4.69, 9.17) is 5.11 Å². The Morgan fingerprint density at radius 2 is 1.91 bits per heavy atom. The number of carboxylic acid groups (broad SMARTS) is 1. The fourth-order valence-corrected chi connectivity index (χ4v) is 4.05.